The Balaban J connectivity index is 1.68. The molecule has 0 bridgehead atoms. The van der Waals surface area contributed by atoms with Gasteiger partial charge in [0.15, 0.2) is 0 Å². The summed E-state index contributed by atoms with van der Waals surface area (Å²) in [5.41, 5.74) is 1.07. The van der Waals surface area contributed by atoms with Crippen LogP contribution in [-0.4, -0.2) is 11.1 Å². The van der Waals surface area contributed by atoms with Gasteiger partial charge >= 0.3 is 5.97 Å². The highest BCUT2D eigenvalue weighted by atomic mass is 32.1. The molecule has 4 heteroatoms. The molecular weight excluding hydrogens is 282 g/mol. The Kier molecular flexibility index (Phi) is 3.88. The molecule has 0 spiro atoms. The zero-order valence-corrected chi connectivity index (χ0v) is 12.2. The van der Waals surface area contributed by atoms with Crippen LogP contribution >= 0.6 is 11.3 Å². The average Bonchev–Trinajstić information content (AvgIpc) is 2.91. The predicted octanol–water partition coefficient (Wildman–Crippen LogP) is 4.14. The second-order valence-electron chi connectivity index (χ2n) is 4.85. The van der Waals surface area contributed by atoms with Crippen LogP contribution in [0, 0.1) is 0 Å². The minimum Gasteiger partial charge on any atom is -0.481 e. The van der Waals surface area contributed by atoms with E-state index in [0.717, 1.165) is 15.4 Å². The molecule has 0 unspecified atom stereocenters. The SMILES string of the molecule is O=C(O)Cc1ccc(CNc2ccc3ccccc3c2)s1. The van der Waals surface area contributed by atoms with Crippen LogP contribution in [0.5, 0.6) is 0 Å². The molecule has 0 radical (unpaired) electrons. The second-order valence-corrected chi connectivity index (χ2v) is 6.11. The van der Waals surface area contributed by atoms with Crippen LogP contribution in [0.2, 0.25) is 0 Å². The van der Waals surface area contributed by atoms with Crippen molar-refractivity contribution in [2.45, 2.75) is 13.0 Å². The maximum atomic E-state index is 10.7. The van der Waals surface area contributed by atoms with E-state index in [2.05, 4.69) is 35.6 Å². The summed E-state index contributed by atoms with van der Waals surface area (Å²) >= 11 is 1.54. The van der Waals surface area contributed by atoms with E-state index in [-0.39, 0.29) is 6.42 Å². The van der Waals surface area contributed by atoms with Crippen molar-refractivity contribution in [3.05, 3.63) is 64.4 Å². The van der Waals surface area contributed by atoms with Crippen LogP contribution in [-0.2, 0) is 17.8 Å². The van der Waals surface area contributed by atoms with Crippen molar-refractivity contribution in [1.82, 2.24) is 0 Å². The Morgan fingerprint density at radius 2 is 1.76 bits per heavy atom. The molecule has 0 aliphatic heterocycles. The van der Waals surface area contributed by atoms with Crippen molar-refractivity contribution in [1.29, 1.82) is 0 Å². The van der Waals surface area contributed by atoms with Crippen LogP contribution in [0.25, 0.3) is 10.8 Å². The highest BCUT2D eigenvalue weighted by molar-refractivity contribution is 7.12. The highest BCUT2D eigenvalue weighted by Crippen LogP contribution is 2.21. The zero-order valence-electron chi connectivity index (χ0n) is 11.4. The largest absolute Gasteiger partial charge is 0.481 e. The van der Waals surface area contributed by atoms with E-state index in [1.54, 1.807) is 11.3 Å². The van der Waals surface area contributed by atoms with Gasteiger partial charge in [0.2, 0.25) is 0 Å². The van der Waals surface area contributed by atoms with Crippen molar-refractivity contribution in [2.75, 3.05) is 5.32 Å². The van der Waals surface area contributed by atoms with Crippen LogP contribution in [0.1, 0.15) is 9.75 Å². The molecule has 0 aliphatic carbocycles. The molecule has 1 heterocycles. The zero-order chi connectivity index (χ0) is 14.7. The molecule has 0 amide bonds. The van der Waals surface area contributed by atoms with E-state index in [1.807, 2.05) is 24.3 Å². The number of hydrogen-bond acceptors (Lipinski definition) is 3. The van der Waals surface area contributed by atoms with E-state index in [9.17, 15) is 4.79 Å². The van der Waals surface area contributed by atoms with Crippen LogP contribution in [0.4, 0.5) is 5.69 Å². The quantitative estimate of drug-likeness (QED) is 0.744. The first kappa shape index (κ1) is 13.6. The van der Waals surface area contributed by atoms with Gasteiger partial charge in [-0.05, 0) is 35.0 Å². The van der Waals surface area contributed by atoms with Crippen molar-refractivity contribution in [2.24, 2.45) is 0 Å². The van der Waals surface area contributed by atoms with Gasteiger partial charge in [-0.25, -0.2) is 0 Å². The van der Waals surface area contributed by atoms with Crippen molar-refractivity contribution in [3.8, 4) is 0 Å². The maximum Gasteiger partial charge on any atom is 0.308 e. The van der Waals surface area contributed by atoms with Crippen LogP contribution < -0.4 is 5.32 Å². The average molecular weight is 297 g/mol. The molecular formula is C17H15NO2S. The summed E-state index contributed by atoms with van der Waals surface area (Å²) in [5, 5.41) is 14.6. The van der Waals surface area contributed by atoms with Gasteiger partial charge in [-0.15, -0.1) is 11.3 Å². The third kappa shape index (κ3) is 3.41. The lowest BCUT2D eigenvalue weighted by molar-refractivity contribution is -0.136. The minimum atomic E-state index is -0.786. The monoisotopic (exact) mass is 297 g/mol. The second kappa shape index (κ2) is 5.97. The van der Waals surface area contributed by atoms with E-state index >= 15 is 0 Å². The van der Waals surface area contributed by atoms with Crippen molar-refractivity contribution in [3.63, 3.8) is 0 Å². The highest BCUT2D eigenvalue weighted by Gasteiger charge is 2.04. The number of hydrogen-bond donors (Lipinski definition) is 2. The molecule has 3 rings (SSSR count). The van der Waals surface area contributed by atoms with Gasteiger partial charge in [0, 0.05) is 22.0 Å². The van der Waals surface area contributed by atoms with Gasteiger partial charge in [0.25, 0.3) is 0 Å². The molecule has 2 N–H and O–H groups in total. The Hall–Kier alpha value is -2.33. The standard InChI is InChI=1S/C17H15NO2S/c19-17(20)10-15-7-8-16(21-15)11-18-14-6-5-12-3-1-2-4-13(12)9-14/h1-9,18H,10-11H2,(H,19,20). The number of rotatable bonds is 5. The fourth-order valence-corrected chi connectivity index (χ4v) is 3.20. The van der Waals surface area contributed by atoms with Gasteiger partial charge in [-0.2, -0.15) is 0 Å². The van der Waals surface area contributed by atoms with Gasteiger partial charge < -0.3 is 10.4 Å². The lowest BCUT2D eigenvalue weighted by Crippen LogP contribution is -1.98. The first-order chi connectivity index (χ1) is 10.2. The Labute approximate surface area is 126 Å². The molecule has 0 fully saturated rings. The third-order valence-electron chi connectivity index (χ3n) is 3.26. The Morgan fingerprint density at radius 1 is 1.00 bits per heavy atom. The molecule has 21 heavy (non-hydrogen) atoms. The summed E-state index contributed by atoms with van der Waals surface area (Å²) in [6.45, 7) is 0.711. The first-order valence-corrected chi connectivity index (χ1v) is 7.54. The van der Waals surface area contributed by atoms with Crippen LogP contribution in [0.3, 0.4) is 0 Å². The molecule has 3 aromatic rings. The number of anilines is 1. The smallest absolute Gasteiger partial charge is 0.308 e. The van der Waals surface area contributed by atoms with E-state index in [0.29, 0.717) is 6.54 Å². The number of aliphatic carboxylic acids is 1. The summed E-state index contributed by atoms with van der Waals surface area (Å²) < 4.78 is 0. The summed E-state index contributed by atoms with van der Waals surface area (Å²) in [5.74, 6) is -0.786. The Morgan fingerprint density at radius 3 is 2.57 bits per heavy atom. The molecule has 1 aromatic heterocycles. The number of carboxylic acids is 1. The van der Waals surface area contributed by atoms with Crippen LogP contribution in [0.15, 0.2) is 54.6 Å². The number of benzene rings is 2. The van der Waals surface area contributed by atoms with Gasteiger partial charge in [0.1, 0.15) is 0 Å². The van der Waals surface area contributed by atoms with Gasteiger partial charge in [-0.3, -0.25) is 4.79 Å². The molecule has 106 valence electrons. The number of carbonyl (C=O) groups is 1. The molecule has 3 nitrogen and oxygen atoms in total. The van der Waals surface area contributed by atoms with E-state index < -0.39 is 5.97 Å². The normalized spacial score (nSPS) is 10.7. The molecule has 2 aromatic carbocycles. The van der Waals surface area contributed by atoms with Crippen molar-refractivity contribution >= 4 is 33.8 Å². The lowest BCUT2D eigenvalue weighted by atomic mass is 10.1. The minimum absolute atomic E-state index is 0.0979. The number of thiophene rings is 1. The predicted molar refractivity (Wildman–Crippen MR) is 86.9 cm³/mol. The number of nitrogens with one attached hydrogen (secondary N) is 1. The summed E-state index contributed by atoms with van der Waals surface area (Å²) in [6, 6.07) is 18.4. The molecule has 0 aliphatic rings. The third-order valence-corrected chi connectivity index (χ3v) is 4.34. The number of fused-ring (bicyclic) bond motifs is 1. The van der Waals surface area contributed by atoms with E-state index in [4.69, 9.17) is 5.11 Å². The van der Waals surface area contributed by atoms with E-state index in [1.165, 1.54) is 10.8 Å². The fourth-order valence-electron chi connectivity index (χ4n) is 2.25. The summed E-state index contributed by atoms with van der Waals surface area (Å²) in [6.07, 6.45) is 0.0979. The summed E-state index contributed by atoms with van der Waals surface area (Å²) in [7, 11) is 0. The maximum absolute atomic E-state index is 10.7. The fraction of sp³-hybridized carbons (Fsp3) is 0.118. The topological polar surface area (TPSA) is 49.3 Å². The molecule has 0 saturated heterocycles. The lowest BCUT2D eigenvalue weighted by Gasteiger charge is -2.06. The van der Waals surface area contributed by atoms with Crippen molar-refractivity contribution < 1.29 is 9.90 Å². The molecule has 0 atom stereocenters. The number of carboxylic acid groups (broad SMARTS) is 1. The Bertz CT molecular complexity index is 779. The first-order valence-electron chi connectivity index (χ1n) is 6.73. The summed E-state index contributed by atoms with van der Waals surface area (Å²) in [4.78, 5) is 12.7. The van der Waals surface area contributed by atoms with Gasteiger partial charge in [0.05, 0.1) is 6.42 Å². The van der Waals surface area contributed by atoms with Gasteiger partial charge in [-0.1, -0.05) is 30.3 Å². The molecule has 0 saturated carbocycles.